The molecule has 0 aromatic rings. The third-order valence-electron chi connectivity index (χ3n) is 5.89. The number of nitrogens with one attached hydrogen (secondary N) is 1. The normalized spacial score (nSPS) is 45.2. The van der Waals surface area contributed by atoms with Crippen molar-refractivity contribution in [2.75, 3.05) is 0 Å². The highest BCUT2D eigenvalue weighted by atomic mass is 35.5. The molecule has 3 heteroatoms. The van der Waals surface area contributed by atoms with Gasteiger partial charge in [0.25, 0.3) is 0 Å². The molecule has 4 unspecified atom stereocenters. The van der Waals surface area contributed by atoms with Gasteiger partial charge in [0, 0.05) is 11.4 Å². The SMILES string of the molecule is CC(Cl)CC(C)NC(=O)C12CC3CC(CC(C)(C3)C1)C2. The summed E-state index contributed by atoms with van der Waals surface area (Å²) < 4.78 is 0. The van der Waals surface area contributed by atoms with E-state index in [1.165, 1.54) is 19.3 Å². The topological polar surface area (TPSA) is 29.1 Å². The minimum Gasteiger partial charge on any atom is -0.353 e. The summed E-state index contributed by atoms with van der Waals surface area (Å²) in [7, 11) is 0. The molecular formula is C17H28ClNO. The van der Waals surface area contributed by atoms with Crippen molar-refractivity contribution < 1.29 is 4.79 Å². The lowest BCUT2D eigenvalue weighted by Gasteiger charge is -2.60. The van der Waals surface area contributed by atoms with Gasteiger partial charge in [0.05, 0.1) is 5.41 Å². The molecule has 0 aromatic carbocycles. The van der Waals surface area contributed by atoms with Crippen LogP contribution < -0.4 is 5.32 Å². The van der Waals surface area contributed by atoms with Gasteiger partial charge < -0.3 is 5.32 Å². The number of carbonyl (C=O) groups is 1. The summed E-state index contributed by atoms with van der Waals surface area (Å²) in [5.41, 5.74) is 0.382. The average Bonchev–Trinajstić information content (AvgIpc) is 2.23. The molecular weight excluding hydrogens is 270 g/mol. The number of rotatable bonds is 4. The summed E-state index contributed by atoms with van der Waals surface area (Å²) in [6.45, 7) is 6.49. The van der Waals surface area contributed by atoms with Crippen LogP contribution in [0, 0.1) is 22.7 Å². The van der Waals surface area contributed by atoms with E-state index in [0.29, 0.717) is 11.3 Å². The van der Waals surface area contributed by atoms with E-state index in [9.17, 15) is 4.79 Å². The van der Waals surface area contributed by atoms with Gasteiger partial charge in [-0.1, -0.05) is 6.92 Å². The van der Waals surface area contributed by atoms with Gasteiger partial charge in [0.2, 0.25) is 5.91 Å². The predicted octanol–water partition coefficient (Wildman–Crippen LogP) is 4.12. The predicted molar refractivity (Wildman–Crippen MR) is 82.8 cm³/mol. The summed E-state index contributed by atoms with van der Waals surface area (Å²) in [5, 5.41) is 3.39. The molecule has 1 amide bonds. The Morgan fingerprint density at radius 1 is 1.25 bits per heavy atom. The van der Waals surface area contributed by atoms with Crippen LogP contribution in [-0.4, -0.2) is 17.3 Å². The molecule has 0 spiro atoms. The maximum Gasteiger partial charge on any atom is 0.226 e. The monoisotopic (exact) mass is 297 g/mol. The molecule has 0 saturated heterocycles. The van der Waals surface area contributed by atoms with E-state index in [-0.39, 0.29) is 16.8 Å². The second-order valence-corrected chi connectivity index (χ2v) is 9.19. The van der Waals surface area contributed by atoms with E-state index < -0.39 is 0 Å². The lowest BCUT2D eigenvalue weighted by molar-refractivity contribution is -0.155. The Morgan fingerprint density at radius 2 is 1.85 bits per heavy atom. The smallest absolute Gasteiger partial charge is 0.226 e. The molecule has 0 aliphatic heterocycles. The van der Waals surface area contributed by atoms with E-state index in [1.54, 1.807) is 0 Å². The molecule has 4 atom stereocenters. The van der Waals surface area contributed by atoms with Gasteiger partial charge in [0.1, 0.15) is 0 Å². The standard InChI is InChI=1S/C17H28ClNO/c1-11(18)4-12(2)19-15(20)17-8-13-5-14(9-17)7-16(3,6-13)10-17/h11-14H,4-10H2,1-3H3,(H,19,20). The lowest BCUT2D eigenvalue weighted by atomic mass is 9.44. The first-order chi connectivity index (χ1) is 9.30. The molecule has 0 heterocycles. The van der Waals surface area contributed by atoms with Gasteiger partial charge in [0.15, 0.2) is 0 Å². The van der Waals surface area contributed by atoms with Gasteiger partial charge in [-0.05, 0) is 76.0 Å². The van der Waals surface area contributed by atoms with E-state index in [1.807, 2.05) is 6.92 Å². The molecule has 4 rings (SSSR count). The maximum atomic E-state index is 12.9. The zero-order valence-electron chi connectivity index (χ0n) is 13.0. The molecule has 4 fully saturated rings. The van der Waals surface area contributed by atoms with Crippen LogP contribution in [0.2, 0.25) is 0 Å². The van der Waals surface area contributed by atoms with Crippen molar-refractivity contribution in [1.82, 2.24) is 5.32 Å². The molecule has 1 N–H and O–H groups in total. The van der Waals surface area contributed by atoms with E-state index in [4.69, 9.17) is 11.6 Å². The molecule has 4 aliphatic carbocycles. The molecule has 2 nitrogen and oxygen atoms in total. The molecule has 0 radical (unpaired) electrons. The quantitative estimate of drug-likeness (QED) is 0.777. The molecule has 4 aliphatic rings. The van der Waals surface area contributed by atoms with Crippen LogP contribution in [0.5, 0.6) is 0 Å². The Labute approximate surface area is 128 Å². The Morgan fingerprint density at radius 3 is 2.35 bits per heavy atom. The van der Waals surface area contributed by atoms with Crippen molar-refractivity contribution in [2.45, 2.75) is 77.1 Å². The van der Waals surface area contributed by atoms with Crippen molar-refractivity contribution >= 4 is 17.5 Å². The number of hydrogen-bond acceptors (Lipinski definition) is 1. The summed E-state index contributed by atoms with van der Waals surface area (Å²) in [6, 6.07) is 0.191. The van der Waals surface area contributed by atoms with Crippen molar-refractivity contribution in [2.24, 2.45) is 22.7 Å². The van der Waals surface area contributed by atoms with Crippen LogP contribution in [0.3, 0.4) is 0 Å². The maximum absolute atomic E-state index is 12.9. The van der Waals surface area contributed by atoms with Gasteiger partial charge in [-0.15, -0.1) is 11.6 Å². The fraction of sp³-hybridized carbons (Fsp3) is 0.941. The van der Waals surface area contributed by atoms with Crippen molar-refractivity contribution in [3.05, 3.63) is 0 Å². The van der Waals surface area contributed by atoms with E-state index in [0.717, 1.165) is 37.5 Å². The van der Waals surface area contributed by atoms with Gasteiger partial charge in [-0.25, -0.2) is 0 Å². The van der Waals surface area contributed by atoms with Gasteiger partial charge >= 0.3 is 0 Å². The zero-order valence-corrected chi connectivity index (χ0v) is 13.8. The van der Waals surface area contributed by atoms with Crippen LogP contribution in [0.4, 0.5) is 0 Å². The number of alkyl halides is 1. The molecule has 4 saturated carbocycles. The Kier molecular flexibility index (Phi) is 3.60. The summed E-state index contributed by atoms with van der Waals surface area (Å²) in [5.74, 6) is 1.92. The van der Waals surface area contributed by atoms with Crippen molar-refractivity contribution in [3.63, 3.8) is 0 Å². The molecule has 4 bridgehead atoms. The van der Waals surface area contributed by atoms with Gasteiger partial charge in [-0.3, -0.25) is 4.79 Å². The van der Waals surface area contributed by atoms with Crippen LogP contribution in [-0.2, 0) is 4.79 Å². The number of hydrogen-bond donors (Lipinski definition) is 1. The first kappa shape index (κ1) is 14.7. The Balaban J connectivity index is 1.71. The highest BCUT2D eigenvalue weighted by Gasteiger charge is 2.58. The minimum atomic E-state index is -0.0529. The van der Waals surface area contributed by atoms with Crippen LogP contribution in [0.25, 0.3) is 0 Å². The number of halogens is 1. The third kappa shape index (κ3) is 2.61. The average molecular weight is 298 g/mol. The van der Waals surface area contributed by atoms with Crippen molar-refractivity contribution in [3.8, 4) is 0 Å². The second-order valence-electron chi connectivity index (χ2n) is 8.44. The molecule has 114 valence electrons. The fourth-order valence-corrected chi connectivity index (χ4v) is 6.18. The minimum absolute atomic E-state index is 0.0529. The third-order valence-corrected chi connectivity index (χ3v) is 6.07. The first-order valence-electron chi connectivity index (χ1n) is 8.25. The molecule has 20 heavy (non-hydrogen) atoms. The van der Waals surface area contributed by atoms with Crippen molar-refractivity contribution in [1.29, 1.82) is 0 Å². The number of amides is 1. The number of carbonyl (C=O) groups excluding carboxylic acids is 1. The Hall–Kier alpha value is -0.240. The van der Waals surface area contributed by atoms with Crippen LogP contribution >= 0.6 is 11.6 Å². The second kappa shape index (κ2) is 4.90. The fourth-order valence-electron chi connectivity index (χ4n) is 5.91. The van der Waals surface area contributed by atoms with E-state index >= 15 is 0 Å². The largest absolute Gasteiger partial charge is 0.353 e. The summed E-state index contributed by atoms with van der Waals surface area (Å²) in [4.78, 5) is 12.9. The Bertz CT molecular complexity index is 392. The highest BCUT2D eigenvalue weighted by molar-refractivity contribution is 6.20. The first-order valence-corrected chi connectivity index (χ1v) is 8.69. The molecule has 0 aromatic heterocycles. The lowest BCUT2D eigenvalue weighted by Crippen LogP contribution is -2.57. The van der Waals surface area contributed by atoms with Crippen LogP contribution in [0.1, 0.15) is 65.7 Å². The van der Waals surface area contributed by atoms with Gasteiger partial charge in [-0.2, -0.15) is 0 Å². The highest BCUT2D eigenvalue weighted by Crippen LogP contribution is 2.65. The van der Waals surface area contributed by atoms with E-state index in [2.05, 4.69) is 19.2 Å². The summed E-state index contributed by atoms with van der Waals surface area (Å²) >= 11 is 6.05. The summed E-state index contributed by atoms with van der Waals surface area (Å²) in [6.07, 6.45) is 8.32. The zero-order chi connectivity index (χ0) is 14.5. The van der Waals surface area contributed by atoms with Crippen LogP contribution in [0.15, 0.2) is 0 Å².